The molecule has 0 N–H and O–H groups in total. The van der Waals surface area contributed by atoms with Crippen LogP contribution in [0.4, 0.5) is 0 Å². The molecule has 1 unspecified atom stereocenters. The van der Waals surface area contributed by atoms with E-state index in [0.717, 1.165) is 6.42 Å². The predicted octanol–water partition coefficient (Wildman–Crippen LogP) is 3.75. The largest absolute Gasteiger partial charge is 0.199 e. The maximum Gasteiger partial charge on any atom is 0.193 e. The molecule has 0 radical (unpaired) electrons. The lowest BCUT2D eigenvalue weighted by Crippen LogP contribution is -2.24. The second kappa shape index (κ2) is 6.47. The van der Waals surface area contributed by atoms with Crippen molar-refractivity contribution in [3.63, 3.8) is 0 Å². The van der Waals surface area contributed by atoms with E-state index in [9.17, 15) is 0 Å². The number of azo groups is 1. The average molecular weight is 238 g/mol. The Balaban J connectivity index is 5.11. The van der Waals surface area contributed by atoms with Crippen molar-refractivity contribution >= 4 is 17.4 Å². The van der Waals surface area contributed by atoms with Crippen molar-refractivity contribution < 1.29 is 0 Å². The molecule has 5 heteroatoms. The maximum absolute atomic E-state index is 8.81. The van der Waals surface area contributed by atoms with Crippen molar-refractivity contribution in [2.24, 2.45) is 15.2 Å². The summed E-state index contributed by atoms with van der Waals surface area (Å²) in [4.78, 5) is 4.02. The van der Waals surface area contributed by atoms with Crippen molar-refractivity contribution in [2.75, 3.05) is 0 Å². The molecule has 16 heavy (non-hydrogen) atoms. The number of aliphatic imine (C=N–C) groups is 1. The number of hydrogen-bond acceptors (Lipinski definition) is 5. The number of hydrogen-bond donors (Lipinski definition) is 0. The Morgan fingerprint density at radius 2 is 1.88 bits per heavy atom. The number of thiocarbonyl (C=S) groups is 1. The van der Waals surface area contributed by atoms with Gasteiger partial charge < -0.3 is 0 Å². The van der Waals surface area contributed by atoms with Crippen LogP contribution in [0.5, 0.6) is 0 Å². The Morgan fingerprint density at radius 1 is 1.25 bits per heavy atom. The van der Waals surface area contributed by atoms with Crippen LogP contribution in [0.3, 0.4) is 0 Å². The van der Waals surface area contributed by atoms with Crippen molar-refractivity contribution in [3.05, 3.63) is 0 Å². The molecule has 0 saturated heterocycles. The maximum atomic E-state index is 8.81. The molecule has 0 aromatic heterocycles. The van der Waals surface area contributed by atoms with Crippen molar-refractivity contribution in [1.29, 1.82) is 5.26 Å². The van der Waals surface area contributed by atoms with Crippen LogP contribution < -0.4 is 0 Å². The molecule has 0 fully saturated rings. The Hall–Kier alpha value is -1.11. The van der Waals surface area contributed by atoms with Gasteiger partial charge in [-0.3, -0.25) is 0 Å². The fourth-order valence-electron chi connectivity index (χ4n) is 1.15. The van der Waals surface area contributed by atoms with Crippen LogP contribution in [0.25, 0.3) is 0 Å². The summed E-state index contributed by atoms with van der Waals surface area (Å²) in [6.07, 6.45) is 1.71. The normalized spacial score (nSPS) is 15.2. The minimum atomic E-state index is -0.835. The van der Waals surface area contributed by atoms with Gasteiger partial charge in [-0.25, -0.2) is 0 Å². The third kappa shape index (κ3) is 5.69. The zero-order valence-electron chi connectivity index (χ0n) is 10.3. The first-order valence-corrected chi connectivity index (χ1v) is 5.70. The quantitative estimate of drug-likeness (QED) is 0.416. The molecule has 4 nitrogen and oxygen atoms in total. The minimum absolute atomic E-state index is 0.185. The fourth-order valence-corrected chi connectivity index (χ4v) is 1.32. The smallest absolute Gasteiger partial charge is 0.193 e. The monoisotopic (exact) mass is 238 g/mol. The molecule has 0 aliphatic rings. The summed E-state index contributed by atoms with van der Waals surface area (Å²) in [5, 5.41) is 19.5. The molecule has 0 aliphatic heterocycles. The van der Waals surface area contributed by atoms with Crippen LogP contribution in [0, 0.1) is 11.3 Å². The number of nitrogens with zero attached hydrogens (tertiary/aromatic N) is 4. The summed E-state index contributed by atoms with van der Waals surface area (Å²) in [6.45, 7) is 7.85. The molecular formula is C11H18N4S. The van der Waals surface area contributed by atoms with E-state index in [-0.39, 0.29) is 12.0 Å². The van der Waals surface area contributed by atoms with Gasteiger partial charge in [-0.2, -0.15) is 20.5 Å². The second-order valence-electron chi connectivity index (χ2n) is 4.64. The third-order valence-corrected chi connectivity index (χ3v) is 1.89. The van der Waals surface area contributed by atoms with Gasteiger partial charge >= 0.3 is 0 Å². The number of rotatable bonds is 5. The number of nitriles is 1. The summed E-state index contributed by atoms with van der Waals surface area (Å²) < 4.78 is 0. The first-order chi connectivity index (χ1) is 7.39. The molecule has 0 rings (SSSR count). The highest BCUT2D eigenvalue weighted by Gasteiger charge is 2.28. The summed E-state index contributed by atoms with van der Waals surface area (Å²) >= 11 is 4.61. The lowest BCUT2D eigenvalue weighted by molar-refractivity contribution is 0.374. The first-order valence-electron chi connectivity index (χ1n) is 5.29. The van der Waals surface area contributed by atoms with Crippen LogP contribution in [-0.2, 0) is 0 Å². The van der Waals surface area contributed by atoms with Crippen LogP contribution >= 0.6 is 12.2 Å². The molecule has 0 aromatic carbocycles. The van der Waals surface area contributed by atoms with Gasteiger partial charge in [0.25, 0.3) is 0 Å². The van der Waals surface area contributed by atoms with Gasteiger partial charge in [0.2, 0.25) is 0 Å². The Bertz CT molecular complexity index is 331. The van der Waals surface area contributed by atoms with Crippen molar-refractivity contribution in [2.45, 2.75) is 58.2 Å². The molecule has 0 aliphatic carbocycles. The molecule has 0 heterocycles. The van der Waals surface area contributed by atoms with Gasteiger partial charge in [0.1, 0.15) is 0 Å². The van der Waals surface area contributed by atoms with E-state index in [0.29, 0.717) is 6.42 Å². The van der Waals surface area contributed by atoms with Gasteiger partial charge in [0.15, 0.2) is 5.66 Å². The molecular weight excluding hydrogens is 220 g/mol. The Kier molecular flexibility index (Phi) is 6.02. The summed E-state index contributed by atoms with van der Waals surface area (Å²) in [7, 11) is 0. The van der Waals surface area contributed by atoms with Gasteiger partial charge in [-0.15, -0.1) is 0 Å². The summed E-state index contributed by atoms with van der Waals surface area (Å²) in [6, 6.07) is 2.08. The SMILES string of the molecule is CCCC(CC#N)(N=C=S)N=NC(C)(C)C. The third-order valence-electron chi connectivity index (χ3n) is 1.80. The standard InChI is InChI=1S/C11H18N4S/c1-5-6-11(7-8-12,13-9-16)15-14-10(2,3)4/h5-7H2,1-4H3. The highest BCUT2D eigenvalue weighted by molar-refractivity contribution is 7.78. The predicted molar refractivity (Wildman–Crippen MR) is 67.5 cm³/mol. The first kappa shape index (κ1) is 14.9. The topological polar surface area (TPSA) is 60.9 Å². The van der Waals surface area contributed by atoms with Crippen LogP contribution in [0.2, 0.25) is 0 Å². The zero-order valence-corrected chi connectivity index (χ0v) is 11.1. The zero-order chi connectivity index (χ0) is 12.7. The Morgan fingerprint density at radius 3 is 2.25 bits per heavy atom. The number of isothiocyanates is 1. The van der Waals surface area contributed by atoms with Crippen LogP contribution in [0.15, 0.2) is 15.2 Å². The van der Waals surface area contributed by atoms with Gasteiger partial charge in [-0.1, -0.05) is 13.3 Å². The van der Waals surface area contributed by atoms with Gasteiger partial charge in [0.05, 0.1) is 23.2 Å². The van der Waals surface area contributed by atoms with Crippen molar-refractivity contribution in [3.8, 4) is 6.07 Å². The highest BCUT2D eigenvalue weighted by atomic mass is 32.1. The van der Waals surface area contributed by atoms with E-state index in [4.69, 9.17) is 5.26 Å². The van der Waals surface area contributed by atoms with E-state index >= 15 is 0 Å². The molecule has 0 amide bonds. The van der Waals surface area contributed by atoms with E-state index in [1.54, 1.807) is 0 Å². The van der Waals surface area contributed by atoms with E-state index in [2.05, 4.69) is 38.7 Å². The van der Waals surface area contributed by atoms with Gasteiger partial charge in [-0.05, 0) is 39.4 Å². The lowest BCUT2D eigenvalue weighted by Gasteiger charge is -2.21. The van der Waals surface area contributed by atoms with Crippen LogP contribution in [0.1, 0.15) is 47.0 Å². The highest BCUT2D eigenvalue weighted by Crippen LogP contribution is 2.26. The molecule has 0 bridgehead atoms. The molecule has 88 valence electrons. The van der Waals surface area contributed by atoms with Crippen LogP contribution in [-0.4, -0.2) is 16.4 Å². The molecule has 0 saturated carbocycles. The molecule has 0 spiro atoms. The lowest BCUT2D eigenvalue weighted by atomic mass is 10.0. The van der Waals surface area contributed by atoms with E-state index in [1.807, 2.05) is 27.7 Å². The van der Waals surface area contributed by atoms with Crippen molar-refractivity contribution in [1.82, 2.24) is 0 Å². The summed E-state index contributed by atoms with van der Waals surface area (Å²) in [5.74, 6) is 0. The van der Waals surface area contributed by atoms with Gasteiger partial charge in [0, 0.05) is 0 Å². The molecule has 0 aromatic rings. The Labute approximate surface area is 102 Å². The average Bonchev–Trinajstić information content (AvgIpc) is 2.15. The van der Waals surface area contributed by atoms with E-state index in [1.165, 1.54) is 0 Å². The second-order valence-corrected chi connectivity index (χ2v) is 4.82. The van der Waals surface area contributed by atoms with E-state index < -0.39 is 5.66 Å². The fraction of sp³-hybridized carbons (Fsp3) is 0.818. The summed E-state index contributed by atoms with van der Waals surface area (Å²) in [5.41, 5.74) is -1.11. The molecule has 1 atom stereocenters. The minimum Gasteiger partial charge on any atom is -0.199 e.